The monoisotopic (exact) mass is 287 g/mol. The number of nitrogens with zero attached hydrogens (tertiary/aromatic N) is 1. The van der Waals surface area contributed by atoms with E-state index in [1.165, 1.54) is 12.1 Å². The molecule has 3 rings (SSSR count). The molecule has 102 valence electrons. The van der Waals surface area contributed by atoms with Crippen molar-refractivity contribution in [3.05, 3.63) is 64.9 Å². The predicted molar refractivity (Wildman–Crippen MR) is 79.6 cm³/mol. The maximum atomic E-state index is 13.3. The van der Waals surface area contributed by atoms with E-state index in [-0.39, 0.29) is 18.3 Å². The lowest BCUT2D eigenvalue weighted by Crippen LogP contribution is -2.07. The molecule has 0 spiro atoms. The lowest BCUT2D eigenvalue weighted by molar-refractivity contribution is 0.264. The molecule has 1 aromatic heterocycles. The molecule has 0 aliphatic rings. The SMILES string of the molecule is OCC(Cc1nc2ccccc2s1)c1cccc(F)c1. The molecule has 1 heterocycles. The van der Waals surface area contributed by atoms with Gasteiger partial charge in [-0.05, 0) is 29.8 Å². The van der Waals surface area contributed by atoms with Crippen molar-refractivity contribution in [2.24, 2.45) is 0 Å². The second-order valence-electron chi connectivity index (χ2n) is 4.71. The van der Waals surface area contributed by atoms with Crippen molar-refractivity contribution >= 4 is 21.6 Å². The van der Waals surface area contributed by atoms with Crippen LogP contribution >= 0.6 is 11.3 Å². The van der Waals surface area contributed by atoms with Gasteiger partial charge in [0, 0.05) is 12.3 Å². The Morgan fingerprint density at radius 1 is 1.15 bits per heavy atom. The van der Waals surface area contributed by atoms with Crippen LogP contribution in [0.2, 0.25) is 0 Å². The van der Waals surface area contributed by atoms with Crippen LogP contribution in [-0.4, -0.2) is 16.7 Å². The van der Waals surface area contributed by atoms with Gasteiger partial charge in [-0.15, -0.1) is 11.3 Å². The fourth-order valence-electron chi connectivity index (χ4n) is 2.27. The second kappa shape index (κ2) is 5.69. The van der Waals surface area contributed by atoms with Crippen LogP contribution in [-0.2, 0) is 6.42 Å². The number of aliphatic hydroxyl groups is 1. The van der Waals surface area contributed by atoms with E-state index in [2.05, 4.69) is 4.98 Å². The number of rotatable bonds is 4. The Hall–Kier alpha value is -1.78. The van der Waals surface area contributed by atoms with Gasteiger partial charge in [-0.25, -0.2) is 9.37 Å². The first-order chi connectivity index (χ1) is 9.76. The lowest BCUT2D eigenvalue weighted by Gasteiger charge is -2.12. The predicted octanol–water partition coefficient (Wildman–Crippen LogP) is 3.75. The van der Waals surface area contributed by atoms with Crippen molar-refractivity contribution in [2.45, 2.75) is 12.3 Å². The third-order valence-electron chi connectivity index (χ3n) is 3.30. The van der Waals surface area contributed by atoms with Gasteiger partial charge >= 0.3 is 0 Å². The Balaban J connectivity index is 1.87. The van der Waals surface area contributed by atoms with Crippen LogP contribution in [0.3, 0.4) is 0 Å². The van der Waals surface area contributed by atoms with Gasteiger partial charge in [0.2, 0.25) is 0 Å². The molecule has 2 nitrogen and oxygen atoms in total. The number of aliphatic hydroxyl groups excluding tert-OH is 1. The third-order valence-corrected chi connectivity index (χ3v) is 4.36. The summed E-state index contributed by atoms with van der Waals surface area (Å²) in [6.45, 7) is -0.0145. The van der Waals surface area contributed by atoms with E-state index in [1.807, 2.05) is 30.3 Å². The number of hydrogen-bond donors (Lipinski definition) is 1. The maximum absolute atomic E-state index is 13.3. The molecule has 3 aromatic rings. The van der Waals surface area contributed by atoms with E-state index in [1.54, 1.807) is 17.4 Å². The summed E-state index contributed by atoms with van der Waals surface area (Å²) in [6, 6.07) is 14.4. The number of benzene rings is 2. The molecule has 0 saturated heterocycles. The molecule has 0 bridgehead atoms. The summed E-state index contributed by atoms with van der Waals surface area (Å²) in [6.07, 6.45) is 0.624. The Labute approximate surface area is 120 Å². The van der Waals surface area contributed by atoms with Gasteiger partial charge in [-0.3, -0.25) is 0 Å². The highest BCUT2D eigenvalue weighted by Crippen LogP contribution is 2.27. The van der Waals surface area contributed by atoms with Gasteiger partial charge in [0.05, 0.1) is 21.8 Å². The summed E-state index contributed by atoms with van der Waals surface area (Å²) in [7, 11) is 0. The highest BCUT2D eigenvalue weighted by molar-refractivity contribution is 7.18. The Bertz CT molecular complexity index is 692. The van der Waals surface area contributed by atoms with Crippen LogP contribution in [0.1, 0.15) is 16.5 Å². The van der Waals surface area contributed by atoms with Gasteiger partial charge in [0.1, 0.15) is 5.82 Å². The van der Waals surface area contributed by atoms with Crippen LogP contribution < -0.4 is 0 Å². The second-order valence-corrected chi connectivity index (χ2v) is 5.83. The molecule has 1 N–H and O–H groups in total. The fourth-order valence-corrected chi connectivity index (χ4v) is 3.31. The number of para-hydroxylation sites is 1. The van der Waals surface area contributed by atoms with Gasteiger partial charge in [0.25, 0.3) is 0 Å². The van der Waals surface area contributed by atoms with Crippen molar-refractivity contribution < 1.29 is 9.50 Å². The van der Waals surface area contributed by atoms with Crippen LogP contribution in [0.5, 0.6) is 0 Å². The fraction of sp³-hybridized carbons (Fsp3) is 0.188. The number of aromatic nitrogens is 1. The standard InChI is InChI=1S/C16H14FNOS/c17-13-5-3-4-11(8-13)12(10-19)9-16-18-14-6-1-2-7-15(14)20-16/h1-8,12,19H,9-10H2. The molecule has 0 saturated carbocycles. The summed E-state index contributed by atoms with van der Waals surface area (Å²) < 4.78 is 14.4. The van der Waals surface area contributed by atoms with Crippen LogP contribution in [0.15, 0.2) is 48.5 Å². The molecule has 20 heavy (non-hydrogen) atoms. The first kappa shape index (κ1) is 13.2. The topological polar surface area (TPSA) is 33.1 Å². The number of halogens is 1. The van der Waals surface area contributed by atoms with Crippen LogP contribution in [0, 0.1) is 5.82 Å². The van der Waals surface area contributed by atoms with Gasteiger partial charge in [-0.1, -0.05) is 24.3 Å². The van der Waals surface area contributed by atoms with E-state index in [4.69, 9.17) is 0 Å². The van der Waals surface area contributed by atoms with Crippen molar-refractivity contribution in [3.8, 4) is 0 Å². The van der Waals surface area contributed by atoms with E-state index in [9.17, 15) is 9.50 Å². The number of thiazole rings is 1. The first-order valence-electron chi connectivity index (χ1n) is 6.47. The number of fused-ring (bicyclic) bond motifs is 1. The highest BCUT2D eigenvalue weighted by Gasteiger charge is 2.14. The lowest BCUT2D eigenvalue weighted by atomic mass is 9.97. The van der Waals surface area contributed by atoms with Crippen molar-refractivity contribution in [2.75, 3.05) is 6.61 Å². The minimum absolute atomic E-state index is 0.0145. The summed E-state index contributed by atoms with van der Waals surface area (Å²) in [5.41, 5.74) is 1.79. The Morgan fingerprint density at radius 3 is 2.75 bits per heavy atom. The Morgan fingerprint density at radius 2 is 2.00 bits per heavy atom. The summed E-state index contributed by atoms with van der Waals surface area (Å²) >= 11 is 1.62. The van der Waals surface area contributed by atoms with E-state index in [0.29, 0.717) is 6.42 Å². The molecule has 0 aliphatic heterocycles. The van der Waals surface area contributed by atoms with Crippen molar-refractivity contribution in [1.82, 2.24) is 4.98 Å². The minimum atomic E-state index is -0.273. The van der Waals surface area contributed by atoms with E-state index >= 15 is 0 Å². The molecule has 0 amide bonds. The molecule has 0 aliphatic carbocycles. The summed E-state index contributed by atoms with van der Waals surface area (Å²) in [4.78, 5) is 4.56. The number of hydrogen-bond acceptors (Lipinski definition) is 3. The zero-order chi connectivity index (χ0) is 13.9. The molecular weight excluding hydrogens is 273 g/mol. The smallest absolute Gasteiger partial charge is 0.123 e. The Kier molecular flexibility index (Phi) is 3.76. The quantitative estimate of drug-likeness (QED) is 0.792. The molecule has 1 atom stereocenters. The molecule has 0 fully saturated rings. The van der Waals surface area contributed by atoms with Gasteiger partial charge < -0.3 is 5.11 Å². The highest BCUT2D eigenvalue weighted by atomic mass is 32.1. The summed E-state index contributed by atoms with van der Waals surface area (Å²) in [5, 5.41) is 10.5. The molecule has 4 heteroatoms. The molecule has 2 aromatic carbocycles. The average molecular weight is 287 g/mol. The van der Waals surface area contributed by atoms with Crippen molar-refractivity contribution in [1.29, 1.82) is 0 Å². The third kappa shape index (κ3) is 2.71. The van der Waals surface area contributed by atoms with Gasteiger partial charge in [0.15, 0.2) is 0 Å². The zero-order valence-electron chi connectivity index (χ0n) is 10.8. The van der Waals surface area contributed by atoms with E-state index in [0.717, 1.165) is 20.8 Å². The first-order valence-corrected chi connectivity index (χ1v) is 7.28. The van der Waals surface area contributed by atoms with Crippen molar-refractivity contribution in [3.63, 3.8) is 0 Å². The van der Waals surface area contributed by atoms with E-state index < -0.39 is 0 Å². The molecule has 1 unspecified atom stereocenters. The van der Waals surface area contributed by atoms with Crippen LogP contribution in [0.4, 0.5) is 4.39 Å². The average Bonchev–Trinajstić information content (AvgIpc) is 2.87. The maximum Gasteiger partial charge on any atom is 0.123 e. The largest absolute Gasteiger partial charge is 0.396 e. The molecule has 0 radical (unpaired) electrons. The van der Waals surface area contributed by atoms with Crippen LogP contribution in [0.25, 0.3) is 10.2 Å². The molecular formula is C16H14FNOS. The summed E-state index contributed by atoms with van der Waals surface area (Å²) in [5.74, 6) is -0.392. The minimum Gasteiger partial charge on any atom is -0.396 e. The zero-order valence-corrected chi connectivity index (χ0v) is 11.6. The normalized spacial score (nSPS) is 12.7. The van der Waals surface area contributed by atoms with Gasteiger partial charge in [-0.2, -0.15) is 0 Å².